The van der Waals surface area contributed by atoms with Gasteiger partial charge in [-0.2, -0.15) is 0 Å². The van der Waals surface area contributed by atoms with Crippen molar-refractivity contribution in [3.05, 3.63) is 41.6 Å². The van der Waals surface area contributed by atoms with E-state index in [9.17, 15) is 0 Å². The number of aromatic nitrogens is 3. The highest BCUT2D eigenvalue weighted by Gasteiger charge is 2.26. The minimum atomic E-state index is 0.350. The molecule has 0 atom stereocenters. The largest absolute Gasteiger partial charge is 0.381 e. The summed E-state index contributed by atoms with van der Waals surface area (Å²) in [6, 6.07) is 10.4. The average molecular weight is 412 g/mol. The van der Waals surface area contributed by atoms with E-state index in [1.54, 1.807) is 0 Å². The molecule has 3 aromatic rings. The molecule has 0 radical (unpaired) electrons. The molecule has 4 heterocycles. The Hall–Kier alpha value is -2.15. The molecule has 152 valence electrons. The van der Waals surface area contributed by atoms with E-state index in [-0.39, 0.29) is 0 Å². The fourth-order valence-electron chi connectivity index (χ4n) is 4.40. The van der Waals surface area contributed by atoms with Gasteiger partial charge in [-0.1, -0.05) is 23.7 Å². The van der Waals surface area contributed by atoms with Gasteiger partial charge in [0.25, 0.3) is 0 Å². The zero-order chi connectivity index (χ0) is 19.8. The van der Waals surface area contributed by atoms with Crippen molar-refractivity contribution in [3.63, 3.8) is 0 Å². The van der Waals surface area contributed by atoms with E-state index in [2.05, 4.69) is 33.5 Å². The molecule has 0 N–H and O–H groups in total. The van der Waals surface area contributed by atoms with Crippen LogP contribution in [0.3, 0.4) is 0 Å². The predicted octanol–water partition coefficient (Wildman–Crippen LogP) is 3.86. The number of pyridine rings is 1. The molecule has 6 nitrogen and oxygen atoms in total. The van der Waals surface area contributed by atoms with Gasteiger partial charge in [0.2, 0.25) is 0 Å². The summed E-state index contributed by atoms with van der Waals surface area (Å²) in [7, 11) is 2.17. The quantitative estimate of drug-likeness (QED) is 0.655. The second-order valence-electron chi connectivity index (χ2n) is 7.92. The number of fused-ring (bicyclic) bond motifs is 1. The number of likely N-dealkylation sites (N-methyl/N-ethyl adjacent to an activating group) is 1. The minimum absolute atomic E-state index is 0.350. The zero-order valence-corrected chi connectivity index (χ0v) is 17.5. The van der Waals surface area contributed by atoms with Crippen molar-refractivity contribution in [2.24, 2.45) is 0 Å². The first kappa shape index (κ1) is 18.9. The van der Waals surface area contributed by atoms with Crippen molar-refractivity contribution in [2.75, 3.05) is 51.3 Å². The van der Waals surface area contributed by atoms with E-state index in [0.29, 0.717) is 6.04 Å². The molecular weight excluding hydrogens is 386 g/mol. The summed E-state index contributed by atoms with van der Waals surface area (Å²) < 4.78 is 8.00. The third-order valence-corrected chi connectivity index (χ3v) is 6.39. The molecule has 0 unspecified atom stereocenters. The highest BCUT2D eigenvalue weighted by atomic mass is 35.5. The lowest BCUT2D eigenvalue weighted by molar-refractivity contribution is 0.0710. The van der Waals surface area contributed by atoms with E-state index in [1.165, 1.54) is 0 Å². The molecule has 2 saturated heterocycles. The number of halogens is 1. The Bertz CT molecular complexity index is 1010. The molecule has 0 saturated carbocycles. The van der Waals surface area contributed by atoms with Crippen LogP contribution in [0, 0.1) is 0 Å². The van der Waals surface area contributed by atoms with Crippen molar-refractivity contribution < 1.29 is 4.74 Å². The van der Waals surface area contributed by atoms with Gasteiger partial charge in [-0.15, -0.1) is 0 Å². The summed E-state index contributed by atoms with van der Waals surface area (Å²) >= 11 is 6.59. The second kappa shape index (κ2) is 7.94. The first-order chi connectivity index (χ1) is 14.2. The highest BCUT2D eigenvalue weighted by molar-refractivity contribution is 6.33. The molecule has 5 rings (SSSR count). The Balaban J connectivity index is 1.68. The van der Waals surface area contributed by atoms with Gasteiger partial charge in [0, 0.05) is 57.2 Å². The van der Waals surface area contributed by atoms with Crippen LogP contribution in [0.1, 0.15) is 18.9 Å². The Morgan fingerprint density at radius 1 is 1.03 bits per heavy atom. The normalized spacial score (nSPS) is 19.2. The van der Waals surface area contributed by atoms with Crippen molar-refractivity contribution in [1.82, 2.24) is 19.4 Å². The maximum Gasteiger partial charge on any atom is 0.156 e. The summed E-state index contributed by atoms with van der Waals surface area (Å²) in [6.07, 6.45) is 3.88. The van der Waals surface area contributed by atoms with E-state index in [4.69, 9.17) is 26.3 Å². The number of ether oxygens (including phenoxy) is 1. The van der Waals surface area contributed by atoms with Crippen molar-refractivity contribution in [2.45, 2.75) is 18.9 Å². The van der Waals surface area contributed by atoms with E-state index in [0.717, 1.165) is 85.5 Å². The van der Waals surface area contributed by atoms with Gasteiger partial charge < -0.3 is 19.1 Å². The molecule has 2 aliphatic rings. The number of rotatable bonds is 3. The third-order valence-electron chi connectivity index (χ3n) is 6.06. The monoisotopic (exact) mass is 411 g/mol. The maximum atomic E-state index is 6.59. The highest BCUT2D eigenvalue weighted by Crippen LogP contribution is 2.37. The van der Waals surface area contributed by atoms with Crippen LogP contribution in [0.25, 0.3) is 22.4 Å². The van der Waals surface area contributed by atoms with E-state index < -0.39 is 0 Å². The number of hydrogen-bond acceptors (Lipinski definition) is 5. The molecule has 29 heavy (non-hydrogen) atoms. The Morgan fingerprint density at radius 3 is 2.55 bits per heavy atom. The number of piperazine rings is 1. The van der Waals surface area contributed by atoms with Crippen LogP contribution >= 0.6 is 11.6 Å². The number of benzene rings is 1. The predicted molar refractivity (Wildman–Crippen MR) is 117 cm³/mol. The molecule has 0 amide bonds. The van der Waals surface area contributed by atoms with Crippen molar-refractivity contribution in [3.8, 4) is 11.4 Å². The number of imidazole rings is 1. The molecule has 2 fully saturated rings. The van der Waals surface area contributed by atoms with Gasteiger partial charge in [-0.05, 0) is 38.1 Å². The first-order valence-corrected chi connectivity index (χ1v) is 10.7. The molecule has 7 heteroatoms. The molecule has 0 bridgehead atoms. The Kier molecular flexibility index (Phi) is 5.16. The third kappa shape index (κ3) is 3.50. The zero-order valence-electron chi connectivity index (χ0n) is 16.7. The number of hydrogen-bond donors (Lipinski definition) is 0. The summed E-state index contributed by atoms with van der Waals surface area (Å²) in [5, 5.41) is 0.727. The SMILES string of the molecule is CN1CCN(c2nccc3c2nc(-c2ccccc2Cl)n3C2CCOCC2)CC1. The van der Waals surface area contributed by atoms with Crippen LogP contribution in [-0.4, -0.2) is 65.9 Å². The van der Waals surface area contributed by atoms with Crippen LogP contribution < -0.4 is 4.90 Å². The van der Waals surface area contributed by atoms with Crippen LogP contribution in [0.15, 0.2) is 36.5 Å². The van der Waals surface area contributed by atoms with Gasteiger partial charge in [0.15, 0.2) is 5.82 Å². The van der Waals surface area contributed by atoms with Crippen LogP contribution in [0.2, 0.25) is 5.02 Å². The van der Waals surface area contributed by atoms with Crippen molar-refractivity contribution in [1.29, 1.82) is 0 Å². The first-order valence-electron chi connectivity index (χ1n) is 10.4. The van der Waals surface area contributed by atoms with Gasteiger partial charge in [0.05, 0.1) is 10.5 Å². The summed E-state index contributed by atoms with van der Waals surface area (Å²) in [6.45, 7) is 5.57. The number of anilines is 1. The van der Waals surface area contributed by atoms with Crippen LogP contribution in [-0.2, 0) is 4.74 Å². The van der Waals surface area contributed by atoms with Gasteiger partial charge in [-0.25, -0.2) is 9.97 Å². The molecule has 2 aromatic heterocycles. The van der Waals surface area contributed by atoms with Crippen molar-refractivity contribution >= 4 is 28.5 Å². The fourth-order valence-corrected chi connectivity index (χ4v) is 4.62. The molecule has 0 aliphatic carbocycles. The fraction of sp³-hybridized carbons (Fsp3) is 0.455. The standard InChI is InChI=1S/C22H26ClN5O/c1-26-10-12-27(13-11-26)22-20-19(6-9-24-22)28(16-7-14-29-15-8-16)21(25-20)17-4-2-3-5-18(17)23/h2-6,9,16H,7-8,10-15H2,1H3. The Labute approximate surface area is 176 Å². The second-order valence-corrected chi connectivity index (χ2v) is 8.33. The van der Waals surface area contributed by atoms with Gasteiger partial charge in [0.1, 0.15) is 11.3 Å². The molecular formula is C22H26ClN5O. The van der Waals surface area contributed by atoms with Crippen LogP contribution in [0.5, 0.6) is 0 Å². The van der Waals surface area contributed by atoms with E-state index >= 15 is 0 Å². The van der Waals surface area contributed by atoms with E-state index in [1.807, 2.05) is 24.4 Å². The van der Waals surface area contributed by atoms with Crippen LogP contribution in [0.4, 0.5) is 5.82 Å². The maximum absolute atomic E-state index is 6.59. The topological polar surface area (TPSA) is 46.4 Å². The molecule has 1 aromatic carbocycles. The minimum Gasteiger partial charge on any atom is -0.381 e. The summed E-state index contributed by atoms with van der Waals surface area (Å²) in [4.78, 5) is 14.6. The lowest BCUT2D eigenvalue weighted by Crippen LogP contribution is -2.44. The average Bonchev–Trinajstić information content (AvgIpc) is 3.15. The lowest BCUT2D eigenvalue weighted by atomic mass is 10.1. The number of nitrogens with zero attached hydrogens (tertiary/aromatic N) is 5. The van der Waals surface area contributed by atoms with Gasteiger partial charge >= 0.3 is 0 Å². The molecule has 2 aliphatic heterocycles. The summed E-state index contributed by atoms with van der Waals surface area (Å²) in [5.74, 6) is 1.91. The lowest BCUT2D eigenvalue weighted by Gasteiger charge is -2.33. The smallest absolute Gasteiger partial charge is 0.156 e. The summed E-state index contributed by atoms with van der Waals surface area (Å²) in [5.41, 5.74) is 3.08. The molecule has 0 spiro atoms. The Morgan fingerprint density at radius 2 is 1.79 bits per heavy atom. The van der Waals surface area contributed by atoms with Gasteiger partial charge in [-0.3, -0.25) is 0 Å².